The monoisotopic (exact) mass is 416 g/mol. The molecule has 0 unspecified atom stereocenters. The van der Waals surface area contributed by atoms with Crippen LogP contribution in [0.2, 0.25) is 0 Å². The van der Waals surface area contributed by atoms with Gasteiger partial charge in [-0.25, -0.2) is 4.79 Å². The van der Waals surface area contributed by atoms with Crippen molar-refractivity contribution in [2.24, 2.45) is 0 Å². The van der Waals surface area contributed by atoms with Crippen LogP contribution < -0.4 is 4.90 Å². The van der Waals surface area contributed by atoms with Crippen LogP contribution in [0.3, 0.4) is 0 Å². The largest absolute Gasteiger partial charge is 0.478 e. The first-order valence-corrected chi connectivity index (χ1v) is 11.3. The van der Waals surface area contributed by atoms with Gasteiger partial charge in [-0.15, -0.1) is 0 Å². The Kier molecular flexibility index (Phi) is 4.44. The molecule has 1 aliphatic carbocycles. The highest BCUT2D eigenvalue weighted by Gasteiger charge is 2.67. The fourth-order valence-corrected chi connectivity index (χ4v) is 5.20. The molecule has 1 amide bonds. The number of anilines is 1. The summed E-state index contributed by atoms with van der Waals surface area (Å²) >= 11 is 1.24. The Morgan fingerprint density at radius 2 is 1.87 bits per heavy atom. The summed E-state index contributed by atoms with van der Waals surface area (Å²) in [5.74, 6) is -0.658. The molecule has 5 rings (SSSR count). The number of carboxylic acid groups (broad SMARTS) is 1. The van der Waals surface area contributed by atoms with E-state index < -0.39 is 11.4 Å². The standard InChI is InChI=1S/C25H21NO3S/c1-30-19-11-9-17(10-12-19)21-14-25(21)20-7-2-3-8-22(20)26(24(25)29)15-16-5-4-6-18(13-16)23(27)28/h2-13,21H,14-15H2,1H3,(H,27,28)/p+1/t21-,25+/m1/s1. The minimum absolute atomic E-state index is 0.118. The van der Waals surface area contributed by atoms with Gasteiger partial charge in [-0.05, 0) is 53.4 Å². The third-order valence-electron chi connectivity index (χ3n) is 6.33. The molecular weight excluding hydrogens is 394 g/mol. The van der Waals surface area contributed by atoms with Crippen molar-refractivity contribution < 1.29 is 14.7 Å². The SMILES string of the molecule is C[SH+]c1ccc([C@H]2C[C@@]23C(=O)N(Cc2cccc(C(=O)O)c2)c2ccccc23)cc1. The van der Waals surface area contributed by atoms with Crippen LogP contribution in [-0.2, 0) is 28.5 Å². The molecule has 30 heavy (non-hydrogen) atoms. The van der Waals surface area contributed by atoms with Crippen molar-refractivity contribution in [1.82, 2.24) is 0 Å². The summed E-state index contributed by atoms with van der Waals surface area (Å²) in [4.78, 5) is 28.1. The van der Waals surface area contributed by atoms with Crippen LogP contribution in [0.25, 0.3) is 0 Å². The smallest absolute Gasteiger partial charge is 0.335 e. The molecule has 150 valence electrons. The van der Waals surface area contributed by atoms with Crippen LogP contribution in [0.1, 0.15) is 39.4 Å². The second-order valence-corrected chi connectivity index (χ2v) is 8.92. The highest BCUT2D eigenvalue weighted by atomic mass is 32.2. The summed E-state index contributed by atoms with van der Waals surface area (Å²) in [5.41, 5.74) is 3.80. The molecule has 4 nitrogen and oxygen atoms in total. The third-order valence-corrected chi connectivity index (χ3v) is 7.15. The molecule has 2 atom stereocenters. The van der Waals surface area contributed by atoms with Crippen molar-refractivity contribution in [3.05, 3.63) is 95.1 Å². The Balaban J connectivity index is 1.49. The molecule has 1 spiro atoms. The van der Waals surface area contributed by atoms with Gasteiger partial charge in [-0.1, -0.05) is 42.5 Å². The van der Waals surface area contributed by atoms with Crippen LogP contribution >= 0.6 is 0 Å². The van der Waals surface area contributed by atoms with E-state index in [2.05, 4.69) is 36.6 Å². The zero-order valence-corrected chi connectivity index (χ0v) is 17.5. The number of thiol groups is 1. The molecule has 3 aromatic carbocycles. The van der Waals surface area contributed by atoms with Gasteiger partial charge >= 0.3 is 5.97 Å². The van der Waals surface area contributed by atoms with Crippen LogP contribution in [0, 0.1) is 0 Å². The molecule has 0 aromatic heterocycles. The molecule has 1 N–H and O–H groups in total. The molecule has 0 saturated heterocycles. The number of carbonyl (C=O) groups is 2. The van der Waals surface area contributed by atoms with Gasteiger partial charge in [0.15, 0.2) is 4.90 Å². The molecule has 1 fully saturated rings. The third kappa shape index (κ3) is 2.84. The summed E-state index contributed by atoms with van der Waals surface area (Å²) in [7, 11) is 0. The Morgan fingerprint density at radius 3 is 2.60 bits per heavy atom. The van der Waals surface area contributed by atoms with E-state index in [4.69, 9.17) is 0 Å². The van der Waals surface area contributed by atoms with Crippen molar-refractivity contribution in [2.45, 2.75) is 29.2 Å². The van der Waals surface area contributed by atoms with Gasteiger partial charge in [0.1, 0.15) is 6.26 Å². The summed E-state index contributed by atoms with van der Waals surface area (Å²) in [6.45, 7) is 0.374. The van der Waals surface area contributed by atoms with Gasteiger partial charge in [-0.3, -0.25) is 4.79 Å². The topological polar surface area (TPSA) is 57.6 Å². The number of amides is 1. The van der Waals surface area contributed by atoms with Crippen LogP contribution in [0.5, 0.6) is 0 Å². The van der Waals surface area contributed by atoms with Gasteiger partial charge in [0.05, 0.1) is 17.5 Å². The lowest BCUT2D eigenvalue weighted by Crippen LogP contribution is -2.32. The van der Waals surface area contributed by atoms with E-state index in [9.17, 15) is 14.7 Å². The molecule has 1 saturated carbocycles. The Morgan fingerprint density at radius 1 is 1.10 bits per heavy atom. The average Bonchev–Trinajstić information content (AvgIpc) is 3.49. The Hall–Kier alpha value is -3.05. The highest BCUT2D eigenvalue weighted by molar-refractivity contribution is 7.77. The number of carboxylic acids is 1. The maximum absolute atomic E-state index is 13.7. The van der Waals surface area contributed by atoms with Gasteiger partial charge in [0, 0.05) is 23.4 Å². The minimum atomic E-state index is -0.960. The molecule has 3 aromatic rings. The average molecular weight is 417 g/mol. The highest BCUT2D eigenvalue weighted by Crippen LogP contribution is 2.66. The van der Waals surface area contributed by atoms with Crippen LogP contribution in [-0.4, -0.2) is 23.2 Å². The van der Waals surface area contributed by atoms with Crippen LogP contribution in [0.4, 0.5) is 5.69 Å². The van der Waals surface area contributed by atoms with E-state index in [1.54, 1.807) is 18.2 Å². The fourth-order valence-electron chi connectivity index (χ4n) is 4.75. The van der Waals surface area contributed by atoms with Crippen molar-refractivity contribution in [3.8, 4) is 0 Å². The van der Waals surface area contributed by atoms with Gasteiger partial charge in [-0.2, -0.15) is 0 Å². The zero-order chi connectivity index (χ0) is 20.9. The maximum atomic E-state index is 13.7. The maximum Gasteiger partial charge on any atom is 0.335 e. The number of carbonyl (C=O) groups excluding carboxylic acids is 1. The fraction of sp³-hybridized carbons (Fsp3) is 0.200. The first-order chi connectivity index (χ1) is 14.5. The Bertz CT molecular complexity index is 1160. The van der Waals surface area contributed by atoms with E-state index in [1.165, 1.54) is 22.2 Å². The second-order valence-electron chi connectivity index (χ2n) is 7.96. The second kappa shape index (κ2) is 7.03. The summed E-state index contributed by atoms with van der Waals surface area (Å²) in [6.07, 6.45) is 2.93. The lowest BCUT2D eigenvalue weighted by Gasteiger charge is -2.19. The van der Waals surface area contributed by atoms with Crippen molar-refractivity contribution in [3.63, 3.8) is 0 Å². The molecule has 5 heteroatoms. The number of aromatic carboxylic acids is 1. The van der Waals surface area contributed by atoms with E-state index >= 15 is 0 Å². The predicted molar refractivity (Wildman–Crippen MR) is 119 cm³/mol. The minimum Gasteiger partial charge on any atom is -0.478 e. The first kappa shape index (κ1) is 18.9. The lowest BCUT2D eigenvalue weighted by atomic mass is 9.92. The van der Waals surface area contributed by atoms with Gasteiger partial charge in [0.25, 0.3) is 0 Å². The van der Waals surface area contributed by atoms with Crippen molar-refractivity contribution >= 4 is 29.3 Å². The summed E-state index contributed by atoms with van der Waals surface area (Å²) < 4.78 is 0. The summed E-state index contributed by atoms with van der Waals surface area (Å²) in [6, 6.07) is 23.4. The molecule has 0 radical (unpaired) electrons. The first-order valence-electron chi connectivity index (χ1n) is 9.98. The van der Waals surface area contributed by atoms with Crippen molar-refractivity contribution in [1.29, 1.82) is 0 Å². The molecule has 1 aliphatic heterocycles. The number of fused-ring (bicyclic) bond motifs is 2. The number of benzene rings is 3. The number of rotatable bonds is 5. The zero-order valence-electron chi connectivity index (χ0n) is 16.6. The van der Waals surface area contributed by atoms with E-state index in [1.807, 2.05) is 29.2 Å². The normalized spacial score (nSPS) is 21.7. The van der Waals surface area contributed by atoms with Crippen LogP contribution in [0.15, 0.2) is 77.7 Å². The van der Waals surface area contributed by atoms with E-state index in [0.717, 1.165) is 23.2 Å². The molecular formula is C25H22NO3S+. The summed E-state index contributed by atoms with van der Waals surface area (Å²) in [5, 5.41) is 9.29. The predicted octanol–water partition coefficient (Wildman–Crippen LogP) is 4.16. The number of hydrogen-bond acceptors (Lipinski definition) is 2. The molecule has 0 bridgehead atoms. The van der Waals surface area contributed by atoms with Gasteiger partial charge < -0.3 is 10.0 Å². The number of para-hydroxylation sites is 1. The Labute approximate surface area is 179 Å². The van der Waals surface area contributed by atoms with E-state index in [-0.39, 0.29) is 17.4 Å². The molecule has 1 heterocycles. The lowest BCUT2D eigenvalue weighted by molar-refractivity contribution is -0.120. The molecule has 2 aliphatic rings. The van der Waals surface area contributed by atoms with E-state index in [0.29, 0.717) is 6.54 Å². The number of hydrogen-bond donors (Lipinski definition) is 1. The quantitative estimate of drug-likeness (QED) is 0.502. The van der Waals surface area contributed by atoms with Crippen molar-refractivity contribution in [2.75, 3.05) is 11.2 Å². The van der Waals surface area contributed by atoms with Gasteiger partial charge in [0.2, 0.25) is 5.91 Å². The number of nitrogens with zero attached hydrogens (tertiary/aromatic N) is 1.